The molecule has 2 aromatic carbocycles. The van der Waals surface area contributed by atoms with E-state index in [1.807, 2.05) is 12.1 Å². The highest BCUT2D eigenvalue weighted by molar-refractivity contribution is 9.10. The summed E-state index contributed by atoms with van der Waals surface area (Å²) in [6.45, 7) is 0.172. The van der Waals surface area contributed by atoms with E-state index in [9.17, 15) is 9.18 Å². The van der Waals surface area contributed by atoms with Crippen LogP contribution in [0.15, 0.2) is 40.9 Å². The molecular weight excluding hydrogens is 335 g/mol. The van der Waals surface area contributed by atoms with Gasteiger partial charge in [-0.05, 0) is 48.7 Å². The Bertz CT molecular complexity index is 697. The van der Waals surface area contributed by atoms with Gasteiger partial charge in [0.2, 0.25) is 0 Å². The number of ketones is 1. The zero-order chi connectivity index (χ0) is 14.8. The second-order valence-corrected chi connectivity index (χ2v) is 6.04. The SMILES string of the molecule is O=C1CCCc2cc(OCc3ccc(Br)cc3F)ccc21. The van der Waals surface area contributed by atoms with Crippen LogP contribution in [0.25, 0.3) is 0 Å². The van der Waals surface area contributed by atoms with Crippen LogP contribution in [0.1, 0.15) is 34.3 Å². The van der Waals surface area contributed by atoms with Crippen molar-refractivity contribution in [3.8, 4) is 5.75 Å². The van der Waals surface area contributed by atoms with Gasteiger partial charge in [-0.2, -0.15) is 0 Å². The molecule has 0 spiro atoms. The molecule has 1 aliphatic rings. The number of aryl methyl sites for hydroxylation is 1. The van der Waals surface area contributed by atoms with E-state index >= 15 is 0 Å². The molecule has 2 nitrogen and oxygen atoms in total. The molecule has 0 bridgehead atoms. The molecule has 1 aliphatic carbocycles. The Kier molecular flexibility index (Phi) is 4.06. The Morgan fingerprint density at radius 2 is 2.00 bits per heavy atom. The lowest BCUT2D eigenvalue weighted by Crippen LogP contribution is -2.10. The van der Waals surface area contributed by atoms with Crippen LogP contribution in [0.5, 0.6) is 5.75 Å². The summed E-state index contributed by atoms with van der Waals surface area (Å²) < 4.78 is 20.1. The Hall–Kier alpha value is -1.68. The summed E-state index contributed by atoms with van der Waals surface area (Å²) in [5.41, 5.74) is 2.33. The third-order valence-corrected chi connectivity index (χ3v) is 4.13. The Morgan fingerprint density at radius 3 is 2.81 bits per heavy atom. The summed E-state index contributed by atoms with van der Waals surface area (Å²) in [6, 6.07) is 10.4. The van der Waals surface area contributed by atoms with Gasteiger partial charge >= 0.3 is 0 Å². The van der Waals surface area contributed by atoms with Crippen molar-refractivity contribution in [2.24, 2.45) is 0 Å². The lowest BCUT2D eigenvalue weighted by molar-refractivity contribution is 0.0972. The molecule has 0 aliphatic heterocycles. The van der Waals surface area contributed by atoms with Crippen molar-refractivity contribution in [3.05, 3.63) is 63.4 Å². The number of rotatable bonds is 3. The van der Waals surface area contributed by atoms with Crippen LogP contribution >= 0.6 is 15.9 Å². The van der Waals surface area contributed by atoms with Crippen molar-refractivity contribution in [3.63, 3.8) is 0 Å². The van der Waals surface area contributed by atoms with E-state index in [-0.39, 0.29) is 18.2 Å². The van der Waals surface area contributed by atoms with Gasteiger partial charge in [-0.1, -0.05) is 22.0 Å². The summed E-state index contributed by atoms with van der Waals surface area (Å²) in [4.78, 5) is 11.8. The Morgan fingerprint density at radius 1 is 1.14 bits per heavy atom. The maximum Gasteiger partial charge on any atom is 0.163 e. The second kappa shape index (κ2) is 5.98. The first-order valence-electron chi connectivity index (χ1n) is 6.86. The molecule has 0 aromatic heterocycles. The number of Topliss-reactive ketones (excluding diaryl/α,β-unsaturated/α-hetero) is 1. The summed E-state index contributed by atoms with van der Waals surface area (Å²) in [6.07, 6.45) is 2.40. The molecular formula is C17H14BrFO2. The van der Waals surface area contributed by atoms with Crippen molar-refractivity contribution in [2.75, 3.05) is 0 Å². The minimum absolute atomic E-state index is 0.172. The lowest BCUT2D eigenvalue weighted by atomic mass is 9.90. The van der Waals surface area contributed by atoms with Gasteiger partial charge in [0, 0.05) is 22.0 Å². The van der Waals surface area contributed by atoms with Crippen LogP contribution in [0.4, 0.5) is 4.39 Å². The maximum absolute atomic E-state index is 13.7. The zero-order valence-electron chi connectivity index (χ0n) is 11.4. The molecule has 0 radical (unpaired) electrons. The van der Waals surface area contributed by atoms with Gasteiger partial charge in [-0.25, -0.2) is 4.39 Å². The summed E-state index contributed by atoms with van der Waals surface area (Å²) >= 11 is 3.23. The predicted molar refractivity (Wildman–Crippen MR) is 82.1 cm³/mol. The van der Waals surface area contributed by atoms with Crippen LogP contribution in [0.3, 0.4) is 0 Å². The first kappa shape index (κ1) is 14.3. The summed E-state index contributed by atoms with van der Waals surface area (Å²) in [5, 5.41) is 0. The van der Waals surface area contributed by atoms with E-state index in [1.165, 1.54) is 6.07 Å². The fourth-order valence-electron chi connectivity index (χ4n) is 2.51. The first-order chi connectivity index (χ1) is 10.1. The van der Waals surface area contributed by atoms with Gasteiger partial charge in [-0.15, -0.1) is 0 Å². The lowest BCUT2D eigenvalue weighted by Gasteiger charge is -2.16. The molecule has 0 saturated heterocycles. The van der Waals surface area contributed by atoms with Gasteiger partial charge in [0.25, 0.3) is 0 Å². The largest absolute Gasteiger partial charge is 0.489 e. The van der Waals surface area contributed by atoms with Crippen molar-refractivity contribution >= 4 is 21.7 Å². The molecule has 108 valence electrons. The molecule has 21 heavy (non-hydrogen) atoms. The number of carbonyl (C=O) groups is 1. The van der Waals surface area contributed by atoms with Crippen molar-refractivity contribution < 1.29 is 13.9 Å². The Balaban J connectivity index is 1.75. The third-order valence-electron chi connectivity index (χ3n) is 3.64. The molecule has 0 heterocycles. The highest BCUT2D eigenvalue weighted by Gasteiger charge is 2.17. The van der Waals surface area contributed by atoms with Crippen molar-refractivity contribution in [2.45, 2.75) is 25.9 Å². The molecule has 0 unspecified atom stereocenters. The number of hydrogen-bond donors (Lipinski definition) is 0. The third kappa shape index (κ3) is 3.16. The van der Waals surface area contributed by atoms with Crippen molar-refractivity contribution in [1.29, 1.82) is 0 Å². The topological polar surface area (TPSA) is 26.3 Å². The molecule has 0 saturated carbocycles. The van der Waals surface area contributed by atoms with E-state index in [0.717, 1.165) is 24.0 Å². The molecule has 0 amide bonds. The highest BCUT2D eigenvalue weighted by atomic mass is 79.9. The fourth-order valence-corrected chi connectivity index (χ4v) is 2.85. The van der Waals surface area contributed by atoms with Gasteiger partial charge in [0.1, 0.15) is 18.2 Å². The van der Waals surface area contributed by atoms with Gasteiger partial charge in [-0.3, -0.25) is 4.79 Å². The van der Waals surface area contributed by atoms with E-state index in [0.29, 0.717) is 22.2 Å². The average Bonchev–Trinajstić information content (AvgIpc) is 2.46. The summed E-state index contributed by atoms with van der Waals surface area (Å²) in [7, 11) is 0. The normalized spacial score (nSPS) is 13.9. The highest BCUT2D eigenvalue weighted by Crippen LogP contribution is 2.26. The molecule has 0 fully saturated rings. The van der Waals surface area contributed by atoms with Gasteiger partial charge < -0.3 is 4.74 Å². The molecule has 0 atom stereocenters. The van der Waals surface area contributed by atoms with Crippen LogP contribution in [0, 0.1) is 5.82 Å². The van der Waals surface area contributed by atoms with Crippen LogP contribution in [-0.2, 0) is 13.0 Å². The average molecular weight is 349 g/mol. The number of carbonyl (C=O) groups excluding carboxylic acids is 1. The first-order valence-corrected chi connectivity index (χ1v) is 7.65. The van der Waals surface area contributed by atoms with Gasteiger partial charge in [0.15, 0.2) is 5.78 Å². The van der Waals surface area contributed by atoms with E-state index in [1.54, 1.807) is 18.2 Å². The number of halogens is 2. The van der Waals surface area contributed by atoms with E-state index in [4.69, 9.17) is 4.74 Å². The van der Waals surface area contributed by atoms with Gasteiger partial charge in [0.05, 0.1) is 0 Å². The minimum Gasteiger partial charge on any atom is -0.489 e. The van der Waals surface area contributed by atoms with E-state index < -0.39 is 0 Å². The standard InChI is InChI=1S/C17H14BrFO2/c18-13-5-4-12(16(19)9-13)10-21-14-6-7-15-11(8-14)2-1-3-17(15)20/h4-9H,1-3,10H2. The zero-order valence-corrected chi connectivity index (χ0v) is 13.0. The Labute approximate surface area is 131 Å². The summed E-state index contributed by atoms with van der Waals surface area (Å²) in [5.74, 6) is 0.574. The van der Waals surface area contributed by atoms with Crippen LogP contribution < -0.4 is 4.74 Å². The molecule has 0 N–H and O–H groups in total. The molecule has 4 heteroatoms. The maximum atomic E-state index is 13.7. The van der Waals surface area contributed by atoms with Crippen LogP contribution in [0.2, 0.25) is 0 Å². The van der Waals surface area contributed by atoms with Crippen LogP contribution in [-0.4, -0.2) is 5.78 Å². The fraction of sp³-hybridized carbons (Fsp3) is 0.235. The second-order valence-electron chi connectivity index (χ2n) is 5.12. The molecule has 2 aromatic rings. The number of hydrogen-bond acceptors (Lipinski definition) is 2. The number of benzene rings is 2. The smallest absolute Gasteiger partial charge is 0.163 e. The predicted octanol–water partition coefficient (Wildman–Crippen LogP) is 4.69. The molecule has 3 rings (SSSR count). The number of ether oxygens (including phenoxy) is 1. The monoisotopic (exact) mass is 348 g/mol. The number of fused-ring (bicyclic) bond motifs is 1. The van der Waals surface area contributed by atoms with E-state index in [2.05, 4.69) is 15.9 Å². The van der Waals surface area contributed by atoms with Crippen molar-refractivity contribution in [1.82, 2.24) is 0 Å². The minimum atomic E-state index is -0.294. The quantitative estimate of drug-likeness (QED) is 0.804.